The van der Waals surface area contributed by atoms with Crippen LogP contribution in [0.2, 0.25) is 0 Å². The van der Waals surface area contributed by atoms with E-state index in [1.807, 2.05) is 13.0 Å². The predicted molar refractivity (Wildman–Crippen MR) is 109 cm³/mol. The number of sulfonamides is 1. The Morgan fingerprint density at radius 2 is 2.11 bits per heavy atom. The third-order valence-electron chi connectivity index (χ3n) is 4.79. The van der Waals surface area contributed by atoms with Crippen LogP contribution in [0.5, 0.6) is 0 Å². The molecule has 0 saturated carbocycles. The molecule has 1 unspecified atom stereocenters. The Morgan fingerprint density at radius 3 is 2.74 bits per heavy atom. The molecule has 0 aromatic heterocycles. The van der Waals surface area contributed by atoms with Crippen LogP contribution in [0.15, 0.2) is 40.2 Å². The fraction of sp³-hybridized carbons (Fsp3) is 0.300. The Bertz CT molecular complexity index is 1030. The SMILES string of the molecule is C=C(C)c1c(NS(=O)(=O)c2cc(CC)cc3c2CCC3O)ccc(F)c1Br. The van der Waals surface area contributed by atoms with E-state index in [4.69, 9.17) is 0 Å². The Labute approximate surface area is 167 Å². The minimum atomic E-state index is -3.93. The normalized spacial score (nSPS) is 16.3. The van der Waals surface area contributed by atoms with Gasteiger partial charge in [-0.1, -0.05) is 19.6 Å². The zero-order valence-corrected chi connectivity index (χ0v) is 17.5. The monoisotopic (exact) mass is 453 g/mol. The number of hydrogen-bond donors (Lipinski definition) is 2. The fourth-order valence-corrected chi connectivity index (χ4v) is 5.53. The Kier molecular flexibility index (Phi) is 5.47. The Balaban J connectivity index is 2.13. The van der Waals surface area contributed by atoms with Crippen molar-refractivity contribution < 1.29 is 17.9 Å². The average Bonchev–Trinajstić information content (AvgIpc) is 2.98. The van der Waals surface area contributed by atoms with Crippen LogP contribution in [-0.2, 0) is 22.9 Å². The van der Waals surface area contributed by atoms with Crippen molar-refractivity contribution >= 4 is 37.2 Å². The summed E-state index contributed by atoms with van der Waals surface area (Å²) in [6.07, 6.45) is 1.01. The lowest BCUT2D eigenvalue weighted by Crippen LogP contribution is -2.17. The molecule has 1 atom stereocenters. The Morgan fingerprint density at radius 1 is 1.41 bits per heavy atom. The van der Waals surface area contributed by atoms with Crippen LogP contribution in [-0.4, -0.2) is 13.5 Å². The summed E-state index contributed by atoms with van der Waals surface area (Å²) in [4.78, 5) is 0.168. The van der Waals surface area contributed by atoms with E-state index < -0.39 is 21.9 Å². The van der Waals surface area contributed by atoms with Gasteiger partial charge in [0.05, 0.1) is 21.2 Å². The number of hydrogen-bond acceptors (Lipinski definition) is 3. The molecule has 0 spiro atoms. The van der Waals surface area contributed by atoms with E-state index in [1.165, 1.54) is 12.1 Å². The van der Waals surface area contributed by atoms with E-state index >= 15 is 0 Å². The minimum absolute atomic E-state index is 0.165. The van der Waals surface area contributed by atoms with Gasteiger partial charge >= 0.3 is 0 Å². The van der Waals surface area contributed by atoms with Crippen LogP contribution in [0, 0.1) is 5.82 Å². The summed E-state index contributed by atoms with van der Waals surface area (Å²) in [6.45, 7) is 7.44. The van der Waals surface area contributed by atoms with Gasteiger partial charge in [-0.15, -0.1) is 0 Å². The molecule has 3 rings (SSSR count). The van der Waals surface area contributed by atoms with Crippen molar-refractivity contribution in [3.63, 3.8) is 0 Å². The molecule has 0 heterocycles. The highest BCUT2D eigenvalue weighted by atomic mass is 79.9. The van der Waals surface area contributed by atoms with Crippen molar-refractivity contribution in [2.75, 3.05) is 4.72 Å². The lowest BCUT2D eigenvalue weighted by molar-refractivity contribution is 0.180. The molecule has 0 fully saturated rings. The summed E-state index contributed by atoms with van der Waals surface area (Å²) in [5.74, 6) is -0.493. The number of rotatable bonds is 5. The van der Waals surface area contributed by atoms with Crippen molar-refractivity contribution in [2.45, 2.75) is 44.1 Å². The van der Waals surface area contributed by atoms with Gasteiger partial charge in [0.25, 0.3) is 10.0 Å². The third kappa shape index (κ3) is 3.68. The molecular formula is C20H21BrFNO3S. The van der Waals surface area contributed by atoms with Gasteiger partial charge in [-0.05, 0) is 82.6 Å². The quantitative estimate of drug-likeness (QED) is 0.671. The van der Waals surface area contributed by atoms with Gasteiger partial charge in [0.15, 0.2) is 0 Å². The van der Waals surface area contributed by atoms with Crippen LogP contribution in [0.1, 0.15) is 48.6 Å². The topological polar surface area (TPSA) is 66.4 Å². The number of anilines is 1. The maximum Gasteiger partial charge on any atom is 0.262 e. The van der Waals surface area contributed by atoms with Gasteiger partial charge in [-0.2, -0.15) is 0 Å². The van der Waals surface area contributed by atoms with Crippen LogP contribution in [0.3, 0.4) is 0 Å². The summed E-state index contributed by atoms with van der Waals surface area (Å²) < 4.78 is 43.0. The van der Waals surface area contributed by atoms with E-state index in [-0.39, 0.29) is 15.1 Å². The van der Waals surface area contributed by atoms with E-state index in [1.54, 1.807) is 13.0 Å². The van der Waals surface area contributed by atoms with Crippen LogP contribution < -0.4 is 4.72 Å². The van der Waals surface area contributed by atoms with Gasteiger partial charge in [-0.25, -0.2) is 12.8 Å². The van der Waals surface area contributed by atoms with Crippen LogP contribution in [0.4, 0.5) is 10.1 Å². The molecule has 27 heavy (non-hydrogen) atoms. The number of aryl methyl sites for hydroxylation is 1. The number of aliphatic hydroxyl groups is 1. The molecular weight excluding hydrogens is 433 g/mol. The summed E-state index contributed by atoms with van der Waals surface area (Å²) in [7, 11) is -3.93. The molecule has 4 nitrogen and oxygen atoms in total. The standard InChI is InChI=1S/C20H21BrFNO3S/c1-4-12-9-14-13(5-8-17(14)24)18(10-12)27(25,26)23-16-7-6-15(22)20(21)19(16)11(2)3/h6-7,9-10,17,23-24H,2,4-5,8H2,1,3H3. The summed E-state index contributed by atoms with van der Waals surface area (Å²) in [5.41, 5.74) is 3.32. The number of allylic oxidation sites excluding steroid dienone is 1. The first-order chi connectivity index (χ1) is 12.7. The largest absolute Gasteiger partial charge is 0.388 e. The number of aliphatic hydroxyl groups excluding tert-OH is 1. The van der Waals surface area contributed by atoms with Crippen molar-refractivity contribution in [1.82, 2.24) is 0 Å². The molecule has 0 aliphatic heterocycles. The van der Waals surface area contributed by atoms with Gasteiger partial charge < -0.3 is 5.11 Å². The molecule has 1 aliphatic carbocycles. The fourth-order valence-electron chi connectivity index (χ4n) is 3.42. The molecule has 0 amide bonds. The molecule has 2 aromatic rings. The van der Waals surface area contributed by atoms with E-state index in [9.17, 15) is 17.9 Å². The van der Waals surface area contributed by atoms with Crippen LogP contribution >= 0.6 is 15.9 Å². The van der Waals surface area contributed by atoms with Gasteiger partial charge in [0, 0.05) is 5.56 Å². The number of halogens is 2. The van der Waals surface area contributed by atoms with Gasteiger partial charge in [0.1, 0.15) is 5.82 Å². The highest BCUT2D eigenvalue weighted by Crippen LogP contribution is 2.38. The first-order valence-electron chi connectivity index (χ1n) is 8.66. The number of benzene rings is 2. The predicted octanol–water partition coefficient (Wildman–Crippen LogP) is 4.96. The van der Waals surface area contributed by atoms with Crippen molar-refractivity contribution in [1.29, 1.82) is 0 Å². The second-order valence-electron chi connectivity index (χ2n) is 6.74. The van der Waals surface area contributed by atoms with Crippen LogP contribution in [0.25, 0.3) is 5.57 Å². The average molecular weight is 454 g/mol. The maximum atomic E-state index is 13.9. The smallest absolute Gasteiger partial charge is 0.262 e. The highest BCUT2D eigenvalue weighted by molar-refractivity contribution is 9.10. The highest BCUT2D eigenvalue weighted by Gasteiger charge is 2.29. The molecule has 0 radical (unpaired) electrons. The van der Waals surface area contributed by atoms with Crippen molar-refractivity contribution in [2.24, 2.45) is 0 Å². The summed E-state index contributed by atoms with van der Waals surface area (Å²) >= 11 is 3.17. The molecule has 0 bridgehead atoms. The van der Waals surface area contributed by atoms with E-state index in [0.717, 1.165) is 5.56 Å². The summed E-state index contributed by atoms with van der Waals surface area (Å²) in [5, 5.41) is 10.2. The lowest BCUT2D eigenvalue weighted by Gasteiger charge is -2.17. The molecule has 7 heteroatoms. The van der Waals surface area contributed by atoms with E-state index in [2.05, 4.69) is 27.2 Å². The number of fused-ring (bicyclic) bond motifs is 1. The third-order valence-corrected chi connectivity index (χ3v) is 7.00. The van der Waals surface area contributed by atoms with Crippen molar-refractivity contribution in [3.05, 3.63) is 63.4 Å². The summed E-state index contributed by atoms with van der Waals surface area (Å²) in [6, 6.07) is 6.11. The first-order valence-corrected chi connectivity index (χ1v) is 10.9. The van der Waals surface area contributed by atoms with E-state index in [0.29, 0.717) is 41.5 Å². The second-order valence-corrected chi connectivity index (χ2v) is 9.18. The Hall–Kier alpha value is -1.70. The lowest BCUT2D eigenvalue weighted by atomic mass is 10.0. The molecule has 1 aliphatic rings. The first kappa shape index (κ1) is 20.0. The molecule has 2 aromatic carbocycles. The second kappa shape index (κ2) is 7.37. The minimum Gasteiger partial charge on any atom is -0.388 e. The van der Waals surface area contributed by atoms with Gasteiger partial charge in [-0.3, -0.25) is 4.72 Å². The maximum absolute atomic E-state index is 13.9. The molecule has 0 saturated heterocycles. The van der Waals surface area contributed by atoms with Gasteiger partial charge in [0.2, 0.25) is 0 Å². The van der Waals surface area contributed by atoms with Crippen molar-refractivity contribution in [3.8, 4) is 0 Å². The number of nitrogens with one attached hydrogen (secondary N) is 1. The zero-order valence-electron chi connectivity index (χ0n) is 15.1. The zero-order chi connectivity index (χ0) is 19.9. The molecule has 2 N–H and O–H groups in total. The molecule has 144 valence electrons.